The number of carbonyl (C=O) groups excluding carboxylic acids is 1. The molecule has 1 aromatic rings. The fourth-order valence-electron chi connectivity index (χ4n) is 2.46. The number of carboxylic acids is 1. The van der Waals surface area contributed by atoms with Crippen LogP contribution in [-0.2, 0) is 4.79 Å². The summed E-state index contributed by atoms with van der Waals surface area (Å²) < 4.78 is 0.700. The lowest BCUT2D eigenvalue weighted by molar-refractivity contribution is -0.144. The number of rotatable bonds is 2. The first kappa shape index (κ1) is 15.3. The van der Waals surface area contributed by atoms with Gasteiger partial charge in [-0.2, -0.15) is 0 Å². The Hall–Kier alpha value is -1.07. The van der Waals surface area contributed by atoms with Gasteiger partial charge in [0.25, 0.3) is 5.91 Å². The third kappa shape index (κ3) is 3.33. The molecule has 2 rings (SSSR count). The number of carboxylic acid groups (broad SMARTS) is 1. The first-order valence-corrected chi connectivity index (χ1v) is 7.55. The second kappa shape index (κ2) is 6.14. The van der Waals surface area contributed by atoms with Gasteiger partial charge in [-0.05, 0) is 37.0 Å². The third-order valence-electron chi connectivity index (χ3n) is 3.52. The first-order chi connectivity index (χ1) is 9.38. The van der Waals surface area contributed by atoms with E-state index < -0.39 is 12.0 Å². The van der Waals surface area contributed by atoms with Crippen LogP contribution in [0.4, 0.5) is 0 Å². The molecular weight excluding hydrogens is 346 g/mol. The van der Waals surface area contributed by atoms with Gasteiger partial charge >= 0.3 is 5.97 Å². The minimum Gasteiger partial charge on any atom is -0.480 e. The zero-order valence-electron chi connectivity index (χ0n) is 11.0. The second-order valence-corrected chi connectivity index (χ2v) is 6.49. The Kier molecular flexibility index (Phi) is 4.70. The highest BCUT2D eigenvalue weighted by Gasteiger charge is 2.35. The Balaban J connectivity index is 2.28. The summed E-state index contributed by atoms with van der Waals surface area (Å²) in [4.78, 5) is 25.3. The van der Waals surface area contributed by atoms with Gasteiger partial charge in [-0.25, -0.2) is 4.79 Å². The molecule has 1 fully saturated rings. The number of hydrogen-bond donors (Lipinski definition) is 1. The third-order valence-corrected chi connectivity index (χ3v) is 4.20. The molecule has 0 radical (unpaired) electrons. The summed E-state index contributed by atoms with van der Waals surface area (Å²) in [5, 5.41) is 9.75. The lowest BCUT2D eigenvalue weighted by atomic mass is 9.92. The van der Waals surface area contributed by atoms with E-state index in [1.807, 2.05) is 6.92 Å². The molecule has 0 bridgehead atoms. The maximum atomic E-state index is 12.5. The fourth-order valence-corrected chi connectivity index (χ4v) is 3.32. The molecule has 2 unspecified atom stereocenters. The summed E-state index contributed by atoms with van der Waals surface area (Å²) in [6.07, 6.45) is 1.31. The zero-order chi connectivity index (χ0) is 14.9. The van der Waals surface area contributed by atoms with Crippen LogP contribution < -0.4 is 0 Å². The van der Waals surface area contributed by atoms with Crippen LogP contribution in [0, 0.1) is 5.92 Å². The van der Waals surface area contributed by atoms with Crippen molar-refractivity contribution in [3.8, 4) is 0 Å². The van der Waals surface area contributed by atoms with Crippen LogP contribution in [0.1, 0.15) is 30.1 Å². The Labute approximate surface area is 130 Å². The van der Waals surface area contributed by atoms with Crippen molar-refractivity contribution in [2.75, 3.05) is 6.54 Å². The van der Waals surface area contributed by atoms with Gasteiger partial charge in [-0.1, -0.05) is 34.5 Å². The van der Waals surface area contributed by atoms with E-state index in [1.165, 1.54) is 4.90 Å². The molecular formula is C14H15BrClNO3. The van der Waals surface area contributed by atoms with E-state index >= 15 is 0 Å². The molecule has 1 saturated heterocycles. The maximum Gasteiger partial charge on any atom is 0.326 e. The molecule has 0 spiro atoms. The van der Waals surface area contributed by atoms with E-state index in [1.54, 1.807) is 18.2 Å². The number of amides is 1. The van der Waals surface area contributed by atoms with Crippen molar-refractivity contribution in [2.45, 2.75) is 25.8 Å². The van der Waals surface area contributed by atoms with Crippen molar-refractivity contribution >= 4 is 39.4 Å². The van der Waals surface area contributed by atoms with E-state index in [0.29, 0.717) is 33.9 Å². The van der Waals surface area contributed by atoms with Gasteiger partial charge in [0.2, 0.25) is 0 Å². The summed E-state index contributed by atoms with van der Waals surface area (Å²) in [6, 6.07) is 4.14. The maximum absolute atomic E-state index is 12.5. The molecule has 0 saturated carbocycles. The van der Waals surface area contributed by atoms with Gasteiger partial charge < -0.3 is 10.0 Å². The fraction of sp³-hybridized carbons (Fsp3) is 0.429. The average Bonchev–Trinajstić information content (AvgIpc) is 2.36. The van der Waals surface area contributed by atoms with Crippen molar-refractivity contribution < 1.29 is 14.7 Å². The molecule has 0 aromatic heterocycles. The minimum atomic E-state index is -0.953. The number of nitrogens with zero attached hydrogens (tertiary/aromatic N) is 1. The van der Waals surface area contributed by atoms with Crippen LogP contribution in [0.3, 0.4) is 0 Å². The smallest absolute Gasteiger partial charge is 0.326 e. The summed E-state index contributed by atoms with van der Waals surface area (Å²) in [5.41, 5.74) is 0.408. The molecule has 0 aliphatic carbocycles. The van der Waals surface area contributed by atoms with E-state index in [4.69, 9.17) is 11.6 Å². The van der Waals surface area contributed by atoms with Crippen molar-refractivity contribution in [3.63, 3.8) is 0 Å². The van der Waals surface area contributed by atoms with Crippen LogP contribution >= 0.6 is 27.5 Å². The van der Waals surface area contributed by atoms with Crippen molar-refractivity contribution in [1.29, 1.82) is 0 Å². The molecule has 1 aromatic carbocycles. The first-order valence-electron chi connectivity index (χ1n) is 6.38. The highest BCUT2D eigenvalue weighted by Crippen LogP contribution is 2.26. The Morgan fingerprint density at radius 3 is 2.70 bits per heavy atom. The summed E-state index contributed by atoms with van der Waals surface area (Å²) in [6.45, 7) is 2.47. The molecule has 108 valence electrons. The average molecular weight is 361 g/mol. The highest BCUT2D eigenvalue weighted by molar-refractivity contribution is 9.10. The van der Waals surface area contributed by atoms with Gasteiger partial charge in [0, 0.05) is 21.6 Å². The topological polar surface area (TPSA) is 57.6 Å². The number of halogens is 2. The minimum absolute atomic E-state index is 0.285. The van der Waals surface area contributed by atoms with Gasteiger partial charge in [0.05, 0.1) is 0 Å². The number of carbonyl (C=O) groups is 2. The molecule has 20 heavy (non-hydrogen) atoms. The van der Waals surface area contributed by atoms with Crippen molar-refractivity contribution in [1.82, 2.24) is 4.90 Å². The lowest BCUT2D eigenvalue weighted by Crippen LogP contribution is -2.49. The zero-order valence-corrected chi connectivity index (χ0v) is 13.3. The van der Waals surface area contributed by atoms with E-state index in [9.17, 15) is 14.7 Å². The number of piperidine rings is 1. The molecule has 1 N–H and O–H groups in total. The van der Waals surface area contributed by atoms with Gasteiger partial charge in [0.1, 0.15) is 6.04 Å². The van der Waals surface area contributed by atoms with E-state index in [0.717, 1.165) is 6.42 Å². The van der Waals surface area contributed by atoms with Crippen LogP contribution in [0.15, 0.2) is 22.7 Å². The normalized spacial score (nSPS) is 22.6. The Morgan fingerprint density at radius 1 is 1.40 bits per heavy atom. The highest BCUT2D eigenvalue weighted by atomic mass is 79.9. The SMILES string of the molecule is CC1CCN(C(=O)c2cc(Cl)cc(Br)c2)C(C(=O)O)C1. The quantitative estimate of drug-likeness (QED) is 0.879. The largest absolute Gasteiger partial charge is 0.480 e. The molecule has 1 heterocycles. The van der Waals surface area contributed by atoms with E-state index in [-0.39, 0.29) is 5.91 Å². The molecule has 6 heteroatoms. The van der Waals surface area contributed by atoms with Crippen LogP contribution in [-0.4, -0.2) is 34.5 Å². The monoisotopic (exact) mass is 359 g/mol. The predicted molar refractivity (Wildman–Crippen MR) is 80.0 cm³/mol. The van der Waals surface area contributed by atoms with Crippen LogP contribution in [0.5, 0.6) is 0 Å². The number of aliphatic carboxylic acids is 1. The standard InChI is InChI=1S/C14H15BrClNO3/c1-8-2-3-17(12(4-8)14(19)20)13(18)9-5-10(15)7-11(16)6-9/h5-8,12H,2-4H2,1H3,(H,19,20). The van der Waals surface area contributed by atoms with Crippen LogP contribution in [0.2, 0.25) is 5.02 Å². The van der Waals surface area contributed by atoms with Gasteiger partial charge in [-0.15, -0.1) is 0 Å². The molecule has 1 aliphatic rings. The van der Waals surface area contributed by atoms with Crippen molar-refractivity contribution in [3.05, 3.63) is 33.3 Å². The summed E-state index contributed by atoms with van der Waals surface area (Å²) >= 11 is 9.23. The summed E-state index contributed by atoms with van der Waals surface area (Å²) in [7, 11) is 0. The molecule has 1 amide bonds. The second-order valence-electron chi connectivity index (χ2n) is 5.14. The number of benzene rings is 1. The lowest BCUT2D eigenvalue weighted by Gasteiger charge is -2.36. The predicted octanol–water partition coefficient (Wildman–Crippen LogP) is 3.43. The van der Waals surface area contributed by atoms with Crippen LogP contribution in [0.25, 0.3) is 0 Å². The Morgan fingerprint density at radius 2 is 2.10 bits per heavy atom. The summed E-state index contributed by atoms with van der Waals surface area (Å²) in [5.74, 6) is -0.926. The molecule has 1 aliphatic heterocycles. The van der Waals surface area contributed by atoms with E-state index in [2.05, 4.69) is 15.9 Å². The van der Waals surface area contributed by atoms with Gasteiger partial charge in [0.15, 0.2) is 0 Å². The molecule has 4 nitrogen and oxygen atoms in total. The Bertz CT molecular complexity index is 529. The van der Waals surface area contributed by atoms with Gasteiger partial charge in [-0.3, -0.25) is 4.79 Å². The number of likely N-dealkylation sites (tertiary alicyclic amines) is 1. The van der Waals surface area contributed by atoms with Crippen molar-refractivity contribution in [2.24, 2.45) is 5.92 Å². The molecule has 2 atom stereocenters. The number of hydrogen-bond acceptors (Lipinski definition) is 2.